The lowest BCUT2D eigenvalue weighted by Gasteiger charge is -1.97. The van der Waals surface area contributed by atoms with Gasteiger partial charge in [-0.15, -0.1) is 0 Å². The van der Waals surface area contributed by atoms with Crippen molar-refractivity contribution in [1.29, 1.82) is 0 Å². The van der Waals surface area contributed by atoms with Gasteiger partial charge >= 0.3 is 0 Å². The molecule has 0 aliphatic rings. The average molecular weight is 205 g/mol. The molecule has 0 spiro atoms. The van der Waals surface area contributed by atoms with Crippen LogP contribution in [0.5, 0.6) is 0 Å². The maximum atomic E-state index is 10.4. The second kappa shape index (κ2) is 3.37. The van der Waals surface area contributed by atoms with Gasteiger partial charge in [-0.2, -0.15) is 5.10 Å². The second-order valence-corrected chi connectivity index (χ2v) is 2.86. The van der Waals surface area contributed by atoms with E-state index < -0.39 is 4.92 Å². The van der Waals surface area contributed by atoms with Crippen LogP contribution in [0.15, 0.2) is 24.5 Å². The van der Waals surface area contributed by atoms with Crippen molar-refractivity contribution >= 4 is 11.4 Å². The molecule has 0 atom stereocenters. The van der Waals surface area contributed by atoms with Crippen molar-refractivity contribution in [3.05, 3.63) is 34.6 Å². The van der Waals surface area contributed by atoms with Crippen molar-refractivity contribution in [2.45, 2.75) is 0 Å². The molecule has 7 nitrogen and oxygen atoms in total. The predicted octanol–water partition coefficient (Wildman–Crippen LogP) is 0.962. The molecule has 0 amide bonds. The highest BCUT2D eigenvalue weighted by Crippen LogP contribution is 2.21. The van der Waals surface area contributed by atoms with Gasteiger partial charge in [0.1, 0.15) is 11.9 Å². The van der Waals surface area contributed by atoms with Crippen molar-refractivity contribution in [3.8, 4) is 11.4 Å². The molecule has 2 rings (SSSR count). The zero-order chi connectivity index (χ0) is 10.8. The molecular formula is C8H7N5O2. The van der Waals surface area contributed by atoms with E-state index in [9.17, 15) is 10.1 Å². The van der Waals surface area contributed by atoms with Gasteiger partial charge in [-0.25, -0.2) is 4.98 Å². The van der Waals surface area contributed by atoms with Crippen molar-refractivity contribution in [1.82, 2.24) is 15.2 Å². The Bertz CT molecular complexity index is 490. The fourth-order valence-electron chi connectivity index (χ4n) is 1.14. The Balaban J connectivity index is 2.40. The number of rotatable bonds is 2. The third-order valence-corrected chi connectivity index (χ3v) is 1.88. The molecule has 0 aliphatic heterocycles. The van der Waals surface area contributed by atoms with Crippen LogP contribution in [0.3, 0.4) is 0 Å². The highest BCUT2D eigenvalue weighted by atomic mass is 16.6. The Morgan fingerprint density at radius 3 is 2.67 bits per heavy atom. The highest BCUT2D eigenvalue weighted by Gasteiger charge is 2.09. The molecule has 76 valence electrons. The van der Waals surface area contributed by atoms with E-state index in [0.29, 0.717) is 17.1 Å². The molecule has 0 unspecified atom stereocenters. The summed E-state index contributed by atoms with van der Waals surface area (Å²) < 4.78 is 0. The minimum Gasteiger partial charge on any atom is -0.396 e. The summed E-state index contributed by atoms with van der Waals surface area (Å²) in [5, 5.41) is 16.8. The van der Waals surface area contributed by atoms with Crippen LogP contribution in [0.2, 0.25) is 0 Å². The smallest absolute Gasteiger partial charge is 0.287 e. The number of H-pyrrole nitrogens is 1. The summed E-state index contributed by atoms with van der Waals surface area (Å²) in [5.74, 6) is 0. The van der Waals surface area contributed by atoms with E-state index in [2.05, 4.69) is 15.2 Å². The van der Waals surface area contributed by atoms with Crippen molar-refractivity contribution in [2.24, 2.45) is 0 Å². The zero-order valence-electron chi connectivity index (χ0n) is 7.54. The first-order valence-corrected chi connectivity index (χ1v) is 4.08. The van der Waals surface area contributed by atoms with Crippen LogP contribution in [-0.2, 0) is 0 Å². The number of nitrogens with zero attached hydrogens (tertiary/aromatic N) is 3. The molecule has 0 bridgehead atoms. The maximum absolute atomic E-state index is 10.4. The molecule has 3 N–H and O–H groups in total. The van der Waals surface area contributed by atoms with Crippen molar-refractivity contribution < 1.29 is 4.92 Å². The summed E-state index contributed by atoms with van der Waals surface area (Å²) in [6.07, 6.45) is 2.63. The van der Waals surface area contributed by atoms with E-state index in [0.717, 1.165) is 0 Å². The quantitative estimate of drug-likeness (QED) is 0.560. The van der Waals surface area contributed by atoms with Crippen molar-refractivity contribution in [3.63, 3.8) is 0 Å². The summed E-state index contributed by atoms with van der Waals surface area (Å²) in [7, 11) is 0. The number of aromatic nitrogens is 3. The number of nitrogens with two attached hydrogens (primary N) is 1. The monoisotopic (exact) mass is 205 g/mol. The Morgan fingerprint density at radius 1 is 1.40 bits per heavy atom. The molecule has 0 saturated heterocycles. The first-order valence-electron chi connectivity index (χ1n) is 4.08. The number of pyridine rings is 1. The molecule has 0 aliphatic carbocycles. The van der Waals surface area contributed by atoms with E-state index in [4.69, 9.17) is 5.73 Å². The molecule has 0 radical (unpaired) electrons. The average Bonchev–Trinajstić information content (AvgIpc) is 2.65. The topological polar surface area (TPSA) is 111 Å². The number of aromatic amines is 1. The van der Waals surface area contributed by atoms with Gasteiger partial charge in [0.15, 0.2) is 0 Å². The molecule has 2 heterocycles. The Kier molecular flexibility index (Phi) is 2.05. The van der Waals surface area contributed by atoms with E-state index in [1.165, 1.54) is 24.5 Å². The number of nitro groups is 1. The van der Waals surface area contributed by atoms with Gasteiger partial charge in [0, 0.05) is 6.07 Å². The van der Waals surface area contributed by atoms with Crippen LogP contribution in [0.25, 0.3) is 11.4 Å². The summed E-state index contributed by atoms with van der Waals surface area (Å²) >= 11 is 0. The number of nitrogens with one attached hydrogen (secondary N) is 1. The van der Waals surface area contributed by atoms with Gasteiger partial charge < -0.3 is 5.73 Å². The molecule has 0 fully saturated rings. The molecule has 0 aromatic carbocycles. The van der Waals surface area contributed by atoms with Gasteiger partial charge in [-0.05, 0) is 6.07 Å². The first-order chi connectivity index (χ1) is 7.18. The van der Waals surface area contributed by atoms with Crippen LogP contribution in [0, 0.1) is 10.1 Å². The third-order valence-electron chi connectivity index (χ3n) is 1.88. The standard InChI is InChI=1S/C8H7N5O2/c9-6-4-11-12-8(6)7-2-1-5(3-10-7)13(14)15/h1-4H,9H2,(H,11,12). The first kappa shape index (κ1) is 9.13. The van der Waals surface area contributed by atoms with Gasteiger partial charge in [0.25, 0.3) is 5.69 Å². The molecular weight excluding hydrogens is 198 g/mol. The van der Waals surface area contributed by atoms with Crippen molar-refractivity contribution in [2.75, 3.05) is 5.73 Å². The highest BCUT2D eigenvalue weighted by molar-refractivity contribution is 5.68. The summed E-state index contributed by atoms with van der Waals surface area (Å²) in [6.45, 7) is 0. The van der Waals surface area contributed by atoms with E-state index in [-0.39, 0.29) is 5.69 Å². The molecule has 2 aromatic rings. The van der Waals surface area contributed by atoms with Crippen LogP contribution in [-0.4, -0.2) is 20.1 Å². The Labute approximate surface area is 84.1 Å². The predicted molar refractivity (Wildman–Crippen MR) is 52.9 cm³/mol. The number of hydrogen-bond acceptors (Lipinski definition) is 5. The molecule has 7 heteroatoms. The van der Waals surface area contributed by atoms with Gasteiger partial charge in [-0.3, -0.25) is 15.2 Å². The maximum Gasteiger partial charge on any atom is 0.287 e. The van der Waals surface area contributed by atoms with Gasteiger partial charge in [0.2, 0.25) is 0 Å². The normalized spacial score (nSPS) is 10.1. The molecule has 0 saturated carbocycles. The third kappa shape index (κ3) is 1.62. The lowest BCUT2D eigenvalue weighted by Crippen LogP contribution is -1.92. The fraction of sp³-hybridized carbons (Fsp3) is 0. The zero-order valence-corrected chi connectivity index (χ0v) is 7.54. The minimum absolute atomic E-state index is 0.0585. The molecule has 2 aromatic heterocycles. The second-order valence-electron chi connectivity index (χ2n) is 2.86. The van der Waals surface area contributed by atoms with Gasteiger partial charge in [-0.1, -0.05) is 0 Å². The van der Waals surface area contributed by atoms with E-state index in [1.54, 1.807) is 0 Å². The fourth-order valence-corrected chi connectivity index (χ4v) is 1.14. The SMILES string of the molecule is Nc1cn[nH]c1-c1ccc([N+](=O)[O-])cn1. The Hall–Kier alpha value is -2.44. The number of nitrogen functional groups attached to an aromatic ring is 1. The minimum atomic E-state index is -0.507. The lowest BCUT2D eigenvalue weighted by molar-refractivity contribution is -0.385. The van der Waals surface area contributed by atoms with Crippen LogP contribution >= 0.6 is 0 Å². The van der Waals surface area contributed by atoms with E-state index >= 15 is 0 Å². The van der Waals surface area contributed by atoms with Crippen LogP contribution < -0.4 is 5.73 Å². The van der Waals surface area contributed by atoms with Gasteiger partial charge in [0.05, 0.1) is 22.5 Å². The van der Waals surface area contributed by atoms with Crippen LogP contribution in [0.1, 0.15) is 0 Å². The largest absolute Gasteiger partial charge is 0.396 e. The Morgan fingerprint density at radius 2 is 2.20 bits per heavy atom. The molecule has 15 heavy (non-hydrogen) atoms. The lowest BCUT2D eigenvalue weighted by atomic mass is 10.2. The van der Waals surface area contributed by atoms with Crippen LogP contribution in [0.4, 0.5) is 11.4 Å². The summed E-state index contributed by atoms with van der Waals surface area (Å²) in [4.78, 5) is 13.8. The number of anilines is 1. The summed E-state index contributed by atoms with van der Waals surface area (Å²) in [5.41, 5.74) is 7.08. The van der Waals surface area contributed by atoms with E-state index in [1.807, 2.05) is 0 Å². The summed E-state index contributed by atoms with van der Waals surface area (Å²) in [6, 6.07) is 2.88. The number of hydrogen-bond donors (Lipinski definition) is 2.